The summed E-state index contributed by atoms with van der Waals surface area (Å²) < 4.78 is 0. The summed E-state index contributed by atoms with van der Waals surface area (Å²) in [5.74, 6) is 0. The molecule has 0 bridgehead atoms. The van der Waals surface area contributed by atoms with Crippen LogP contribution in [0.4, 0.5) is 0 Å². The minimum atomic E-state index is 0. The topological polar surface area (TPSA) is 12.0 Å². The van der Waals surface area contributed by atoms with Crippen LogP contribution < -0.4 is 5.32 Å². The van der Waals surface area contributed by atoms with E-state index >= 15 is 0 Å². The Kier molecular flexibility index (Phi) is 11.9. The number of rotatable bonds is 3. The predicted octanol–water partition coefficient (Wildman–Crippen LogP) is 1.21. The molecule has 0 amide bonds. The van der Waals surface area contributed by atoms with Crippen molar-refractivity contribution >= 4 is 0 Å². The zero-order chi connectivity index (χ0) is 5.70. The van der Waals surface area contributed by atoms with Gasteiger partial charge in [-0.05, 0) is 6.54 Å². The average Bonchev–Trinajstić information content (AvgIpc) is 1.61. The standard InChI is InChI=1S/C6H14N.Y/c1-4-5-7-6(2)3;/h6-7H,1,4-5H2,2-3H3;/q-1;. The molecule has 0 heterocycles. The second kappa shape index (κ2) is 8.06. The molecule has 0 fully saturated rings. The smallest absolute Gasteiger partial charge is 0.000927 e. The molecule has 0 aliphatic rings. The third kappa shape index (κ3) is 10.1. The monoisotopic (exact) mass is 189 g/mol. The van der Waals surface area contributed by atoms with Crippen molar-refractivity contribution in [2.75, 3.05) is 6.54 Å². The van der Waals surface area contributed by atoms with Gasteiger partial charge in [0.1, 0.15) is 0 Å². The largest absolute Gasteiger partial charge is 0.342 e. The first-order chi connectivity index (χ1) is 3.27. The molecule has 0 aromatic rings. The SMILES string of the molecule is [CH2-]CCNC(C)C.[Y]. The maximum absolute atomic E-state index is 3.70. The van der Waals surface area contributed by atoms with Gasteiger partial charge in [0, 0.05) is 38.8 Å². The van der Waals surface area contributed by atoms with Crippen LogP contribution in [0.3, 0.4) is 0 Å². The van der Waals surface area contributed by atoms with E-state index in [1.165, 1.54) is 0 Å². The fourth-order valence-corrected chi connectivity index (χ4v) is 0.391. The van der Waals surface area contributed by atoms with Crippen molar-refractivity contribution in [3.63, 3.8) is 0 Å². The Hall–Kier alpha value is 1.06. The molecule has 0 rings (SSSR count). The third-order valence-corrected chi connectivity index (χ3v) is 0.729. The molecule has 0 atom stereocenters. The van der Waals surface area contributed by atoms with Crippen molar-refractivity contribution in [3.05, 3.63) is 6.92 Å². The van der Waals surface area contributed by atoms with Crippen LogP contribution in [-0.4, -0.2) is 12.6 Å². The van der Waals surface area contributed by atoms with Gasteiger partial charge in [-0.15, -0.1) is 0 Å². The molecule has 0 aromatic carbocycles. The first-order valence-corrected chi connectivity index (χ1v) is 2.80. The van der Waals surface area contributed by atoms with Gasteiger partial charge >= 0.3 is 0 Å². The van der Waals surface area contributed by atoms with Crippen molar-refractivity contribution in [1.82, 2.24) is 5.32 Å². The fourth-order valence-electron chi connectivity index (χ4n) is 0.391. The first kappa shape index (κ1) is 11.8. The fraction of sp³-hybridized carbons (Fsp3) is 0.833. The Labute approximate surface area is 77.5 Å². The number of hydrogen-bond acceptors (Lipinski definition) is 1. The van der Waals surface area contributed by atoms with Crippen molar-refractivity contribution in [1.29, 1.82) is 0 Å². The van der Waals surface area contributed by atoms with Gasteiger partial charge in [0.05, 0.1) is 0 Å². The van der Waals surface area contributed by atoms with Gasteiger partial charge in [0.25, 0.3) is 0 Å². The van der Waals surface area contributed by atoms with Gasteiger partial charge in [-0.25, -0.2) is 0 Å². The van der Waals surface area contributed by atoms with Gasteiger partial charge in [-0.2, -0.15) is 6.42 Å². The molecule has 2 heteroatoms. The molecular formula is C6H14NY-. The normalized spacial score (nSPS) is 9.00. The molecule has 8 heavy (non-hydrogen) atoms. The van der Waals surface area contributed by atoms with Crippen LogP contribution in [0.25, 0.3) is 0 Å². The first-order valence-electron chi connectivity index (χ1n) is 2.80. The van der Waals surface area contributed by atoms with E-state index in [2.05, 4.69) is 26.1 Å². The summed E-state index contributed by atoms with van der Waals surface area (Å²) in [7, 11) is 0. The Morgan fingerprint density at radius 2 is 2.00 bits per heavy atom. The molecule has 1 N–H and O–H groups in total. The molecule has 0 saturated carbocycles. The van der Waals surface area contributed by atoms with Crippen LogP contribution in [0, 0.1) is 6.92 Å². The van der Waals surface area contributed by atoms with Crippen molar-refractivity contribution < 1.29 is 32.7 Å². The Morgan fingerprint density at radius 1 is 1.50 bits per heavy atom. The third-order valence-electron chi connectivity index (χ3n) is 0.729. The van der Waals surface area contributed by atoms with Gasteiger partial charge < -0.3 is 12.2 Å². The van der Waals surface area contributed by atoms with Crippen LogP contribution in [0.5, 0.6) is 0 Å². The summed E-state index contributed by atoms with van der Waals surface area (Å²) in [6.07, 6.45) is 0.984. The molecule has 0 aromatic heterocycles. The van der Waals surface area contributed by atoms with Crippen LogP contribution in [0.2, 0.25) is 0 Å². The summed E-state index contributed by atoms with van der Waals surface area (Å²) in [5.41, 5.74) is 0. The molecular weight excluding hydrogens is 175 g/mol. The van der Waals surface area contributed by atoms with Gasteiger partial charge in [-0.1, -0.05) is 13.8 Å². The Balaban J connectivity index is 0. The van der Waals surface area contributed by atoms with E-state index in [1.54, 1.807) is 0 Å². The van der Waals surface area contributed by atoms with Crippen molar-refractivity contribution in [3.8, 4) is 0 Å². The van der Waals surface area contributed by atoms with Gasteiger partial charge in [0.15, 0.2) is 0 Å². The van der Waals surface area contributed by atoms with Crippen molar-refractivity contribution in [2.45, 2.75) is 26.3 Å². The van der Waals surface area contributed by atoms with E-state index in [4.69, 9.17) is 0 Å². The average molecular weight is 189 g/mol. The Bertz CT molecular complexity index is 37.5. The van der Waals surface area contributed by atoms with E-state index in [0.717, 1.165) is 13.0 Å². The molecule has 47 valence electrons. The molecule has 1 nitrogen and oxygen atoms in total. The minimum absolute atomic E-state index is 0. The second-order valence-corrected chi connectivity index (χ2v) is 1.96. The van der Waals surface area contributed by atoms with Crippen molar-refractivity contribution in [2.24, 2.45) is 0 Å². The molecule has 0 unspecified atom stereocenters. The van der Waals surface area contributed by atoms with Crippen LogP contribution >= 0.6 is 0 Å². The van der Waals surface area contributed by atoms with Crippen LogP contribution in [0.1, 0.15) is 20.3 Å². The summed E-state index contributed by atoms with van der Waals surface area (Å²) in [6.45, 7) is 9.00. The zero-order valence-corrected chi connectivity index (χ0v) is 8.61. The summed E-state index contributed by atoms with van der Waals surface area (Å²) in [4.78, 5) is 0. The number of hydrogen-bond donors (Lipinski definition) is 1. The molecule has 0 aliphatic carbocycles. The van der Waals surface area contributed by atoms with E-state index in [-0.39, 0.29) is 32.7 Å². The Morgan fingerprint density at radius 3 is 2.12 bits per heavy atom. The summed E-state index contributed by atoms with van der Waals surface area (Å²) in [6, 6.07) is 0.613. The molecule has 0 saturated heterocycles. The van der Waals surface area contributed by atoms with E-state index in [9.17, 15) is 0 Å². The molecule has 0 aliphatic heterocycles. The maximum Gasteiger partial charge on any atom is 0.000927 e. The van der Waals surface area contributed by atoms with Crippen LogP contribution in [0.15, 0.2) is 0 Å². The van der Waals surface area contributed by atoms with E-state index in [0.29, 0.717) is 6.04 Å². The second-order valence-electron chi connectivity index (χ2n) is 1.96. The maximum atomic E-state index is 3.70. The molecule has 0 spiro atoms. The van der Waals surface area contributed by atoms with E-state index < -0.39 is 0 Å². The van der Waals surface area contributed by atoms with E-state index in [1.807, 2.05) is 0 Å². The summed E-state index contributed by atoms with van der Waals surface area (Å²) in [5, 5.41) is 3.23. The van der Waals surface area contributed by atoms with Gasteiger partial charge in [-0.3, -0.25) is 0 Å². The van der Waals surface area contributed by atoms with Crippen LogP contribution in [-0.2, 0) is 32.7 Å². The molecule has 1 radical (unpaired) electrons. The van der Waals surface area contributed by atoms with Gasteiger partial charge in [0.2, 0.25) is 0 Å². The number of nitrogens with one attached hydrogen (secondary N) is 1. The minimum Gasteiger partial charge on any atom is -0.342 e. The zero-order valence-electron chi connectivity index (χ0n) is 5.78. The predicted molar refractivity (Wildman–Crippen MR) is 33.1 cm³/mol. The summed E-state index contributed by atoms with van der Waals surface area (Å²) >= 11 is 0. The quantitative estimate of drug-likeness (QED) is 0.658.